The molecular formula is C11H18IN5. The highest BCUT2D eigenvalue weighted by molar-refractivity contribution is 14.0. The third-order valence-electron chi connectivity index (χ3n) is 2.58. The Kier molecular flexibility index (Phi) is 6.03. The van der Waals surface area contributed by atoms with Crippen LogP contribution in [0.15, 0.2) is 29.4 Å². The van der Waals surface area contributed by atoms with Crippen LogP contribution in [0.4, 0.5) is 0 Å². The topological polar surface area (TPSA) is 65.1 Å². The van der Waals surface area contributed by atoms with Gasteiger partial charge >= 0.3 is 0 Å². The van der Waals surface area contributed by atoms with Crippen LogP contribution >= 0.6 is 24.0 Å². The molecule has 0 unspecified atom stereocenters. The van der Waals surface area contributed by atoms with E-state index in [9.17, 15) is 0 Å². The van der Waals surface area contributed by atoms with Crippen molar-refractivity contribution >= 4 is 29.9 Å². The van der Waals surface area contributed by atoms with Gasteiger partial charge in [-0.15, -0.1) is 24.0 Å². The zero-order valence-electron chi connectivity index (χ0n) is 9.81. The Balaban J connectivity index is 0.00000144. The molecule has 2 rings (SSSR count). The Labute approximate surface area is 118 Å². The van der Waals surface area contributed by atoms with E-state index in [0.717, 1.165) is 24.5 Å². The average molecular weight is 347 g/mol. The van der Waals surface area contributed by atoms with Crippen molar-refractivity contribution in [2.45, 2.75) is 25.4 Å². The van der Waals surface area contributed by atoms with Crippen LogP contribution in [0, 0.1) is 0 Å². The minimum atomic E-state index is 0. The van der Waals surface area contributed by atoms with E-state index in [2.05, 4.69) is 38.0 Å². The highest BCUT2D eigenvalue weighted by atomic mass is 127. The zero-order valence-corrected chi connectivity index (χ0v) is 12.1. The number of nitrogens with one attached hydrogen (secondary N) is 3. The third-order valence-corrected chi connectivity index (χ3v) is 2.58. The van der Waals surface area contributed by atoms with Gasteiger partial charge in [0.25, 0.3) is 0 Å². The summed E-state index contributed by atoms with van der Waals surface area (Å²) in [6.07, 6.45) is 8.28. The summed E-state index contributed by atoms with van der Waals surface area (Å²) in [5.74, 6) is 0.836. The number of nitrogens with zero attached hydrogens (tertiary/aromatic N) is 2. The molecule has 3 N–H and O–H groups in total. The molecule has 0 aliphatic heterocycles. The van der Waals surface area contributed by atoms with Crippen LogP contribution in [0.3, 0.4) is 0 Å². The summed E-state index contributed by atoms with van der Waals surface area (Å²) in [4.78, 5) is 4.18. The molecule has 1 aliphatic rings. The Morgan fingerprint density at radius 1 is 1.53 bits per heavy atom. The van der Waals surface area contributed by atoms with Gasteiger partial charge in [0.1, 0.15) is 0 Å². The van der Waals surface area contributed by atoms with E-state index >= 15 is 0 Å². The molecular weight excluding hydrogens is 329 g/mol. The van der Waals surface area contributed by atoms with Gasteiger partial charge in [-0.1, -0.05) is 12.2 Å². The van der Waals surface area contributed by atoms with Gasteiger partial charge in [-0.05, 0) is 18.9 Å². The molecule has 1 aliphatic carbocycles. The maximum absolute atomic E-state index is 4.18. The number of halogens is 1. The van der Waals surface area contributed by atoms with E-state index in [-0.39, 0.29) is 24.0 Å². The van der Waals surface area contributed by atoms with Crippen LogP contribution in [0.1, 0.15) is 18.5 Å². The molecule has 1 aromatic rings. The van der Waals surface area contributed by atoms with Gasteiger partial charge in [0, 0.05) is 19.3 Å². The van der Waals surface area contributed by atoms with Crippen molar-refractivity contribution in [2.75, 3.05) is 7.05 Å². The fraction of sp³-hybridized carbons (Fsp3) is 0.455. The van der Waals surface area contributed by atoms with Gasteiger partial charge < -0.3 is 10.6 Å². The highest BCUT2D eigenvalue weighted by Gasteiger charge is 2.11. The van der Waals surface area contributed by atoms with Gasteiger partial charge in [-0.25, -0.2) is 0 Å². The molecule has 0 spiro atoms. The zero-order chi connectivity index (χ0) is 11.2. The molecule has 0 aromatic carbocycles. The van der Waals surface area contributed by atoms with Crippen molar-refractivity contribution < 1.29 is 0 Å². The molecule has 0 saturated carbocycles. The van der Waals surface area contributed by atoms with Crippen molar-refractivity contribution in [1.29, 1.82) is 0 Å². The monoisotopic (exact) mass is 347 g/mol. The van der Waals surface area contributed by atoms with Crippen LogP contribution < -0.4 is 10.6 Å². The summed E-state index contributed by atoms with van der Waals surface area (Å²) in [5, 5.41) is 13.4. The van der Waals surface area contributed by atoms with Gasteiger partial charge in [0.15, 0.2) is 5.96 Å². The molecule has 0 radical (unpaired) electrons. The fourth-order valence-corrected chi connectivity index (χ4v) is 1.69. The number of rotatable bonds is 3. The van der Waals surface area contributed by atoms with E-state index in [0.29, 0.717) is 12.6 Å². The molecule has 0 fully saturated rings. The minimum Gasteiger partial charge on any atom is -0.353 e. The van der Waals surface area contributed by atoms with Gasteiger partial charge in [0.05, 0.1) is 12.2 Å². The van der Waals surface area contributed by atoms with Crippen LogP contribution in [-0.2, 0) is 6.54 Å². The lowest BCUT2D eigenvalue weighted by Gasteiger charge is -2.16. The van der Waals surface area contributed by atoms with Gasteiger partial charge in [-0.3, -0.25) is 10.1 Å². The lowest BCUT2D eigenvalue weighted by Crippen LogP contribution is -2.42. The van der Waals surface area contributed by atoms with Crippen molar-refractivity contribution in [2.24, 2.45) is 4.99 Å². The molecule has 1 aromatic heterocycles. The Hall–Kier alpha value is -1.05. The molecule has 0 bridgehead atoms. The second-order valence-corrected chi connectivity index (χ2v) is 3.79. The Bertz CT molecular complexity index is 363. The van der Waals surface area contributed by atoms with Crippen molar-refractivity contribution in [3.05, 3.63) is 30.1 Å². The number of guanidine groups is 1. The molecule has 94 valence electrons. The number of H-pyrrole nitrogens is 1. The first-order chi connectivity index (χ1) is 7.88. The molecule has 0 atom stereocenters. The van der Waals surface area contributed by atoms with Crippen molar-refractivity contribution in [1.82, 2.24) is 20.8 Å². The highest BCUT2D eigenvalue weighted by Crippen LogP contribution is 2.08. The Morgan fingerprint density at radius 2 is 2.29 bits per heavy atom. The standard InChI is InChI=1S/C11H17N5.HI/c1-12-11(15-9-4-2-3-5-9)13-8-10-6-7-14-16-10;/h2-3,6-7,9H,4-5,8H2,1H3,(H,14,16)(H2,12,13,15);1H. The molecule has 1 heterocycles. The quantitative estimate of drug-likeness (QED) is 0.335. The van der Waals surface area contributed by atoms with Crippen LogP contribution in [0.25, 0.3) is 0 Å². The van der Waals surface area contributed by atoms with E-state index in [1.807, 2.05) is 6.07 Å². The second-order valence-electron chi connectivity index (χ2n) is 3.79. The first-order valence-corrected chi connectivity index (χ1v) is 5.49. The van der Waals surface area contributed by atoms with Gasteiger partial charge in [0.2, 0.25) is 0 Å². The molecule has 5 nitrogen and oxygen atoms in total. The summed E-state index contributed by atoms with van der Waals surface area (Å²) in [7, 11) is 1.78. The SMILES string of the molecule is CN=C(NCc1ccn[nH]1)NC1CC=CC1.I. The van der Waals surface area contributed by atoms with E-state index in [1.165, 1.54) is 0 Å². The van der Waals surface area contributed by atoms with E-state index in [1.54, 1.807) is 13.2 Å². The summed E-state index contributed by atoms with van der Waals surface area (Å²) in [5.41, 5.74) is 1.05. The predicted octanol–water partition coefficient (Wildman–Crippen LogP) is 1.41. The van der Waals surface area contributed by atoms with Crippen molar-refractivity contribution in [3.8, 4) is 0 Å². The lowest BCUT2D eigenvalue weighted by molar-refractivity contribution is 0.631. The smallest absolute Gasteiger partial charge is 0.191 e. The lowest BCUT2D eigenvalue weighted by atomic mass is 10.2. The fourth-order valence-electron chi connectivity index (χ4n) is 1.69. The van der Waals surface area contributed by atoms with Crippen LogP contribution in [-0.4, -0.2) is 29.2 Å². The van der Waals surface area contributed by atoms with Crippen molar-refractivity contribution in [3.63, 3.8) is 0 Å². The summed E-state index contributed by atoms with van der Waals surface area (Å²) in [6.45, 7) is 0.708. The molecule has 17 heavy (non-hydrogen) atoms. The summed E-state index contributed by atoms with van der Waals surface area (Å²) < 4.78 is 0. The summed E-state index contributed by atoms with van der Waals surface area (Å²) >= 11 is 0. The molecule has 0 amide bonds. The molecule has 6 heteroatoms. The maximum Gasteiger partial charge on any atom is 0.191 e. The number of hydrogen-bond acceptors (Lipinski definition) is 2. The Morgan fingerprint density at radius 3 is 2.88 bits per heavy atom. The van der Waals surface area contributed by atoms with E-state index < -0.39 is 0 Å². The molecule has 0 saturated heterocycles. The number of aromatic amines is 1. The normalized spacial score (nSPS) is 15.7. The van der Waals surface area contributed by atoms with Crippen LogP contribution in [0.5, 0.6) is 0 Å². The maximum atomic E-state index is 4.18. The number of aromatic nitrogens is 2. The first kappa shape index (κ1) is 14.0. The summed E-state index contributed by atoms with van der Waals surface area (Å²) in [6, 6.07) is 2.42. The first-order valence-electron chi connectivity index (χ1n) is 5.49. The van der Waals surface area contributed by atoms with Gasteiger partial charge in [-0.2, -0.15) is 5.10 Å². The minimum absolute atomic E-state index is 0. The predicted molar refractivity (Wildman–Crippen MR) is 79.5 cm³/mol. The van der Waals surface area contributed by atoms with Crippen LogP contribution in [0.2, 0.25) is 0 Å². The third kappa shape index (κ3) is 4.37. The number of hydrogen-bond donors (Lipinski definition) is 3. The largest absolute Gasteiger partial charge is 0.353 e. The average Bonchev–Trinajstić information content (AvgIpc) is 2.97. The number of aliphatic imine (C=N–C) groups is 1. The second kappa shape index (κ2) is 7.31. The van der Waals surface area contributed by atoms with E-state index in [4.69, 9.17) is 0 Å².